The van der Waals surface area contributed by atoms with E-state index in [0.29, 0.717) is 24.9 Å². The lowest BCUT2D eigenvalue weighted by Crippen LogP contribution is -2.40. The van der Waals surface area contributed by atoms with Gasteiger partial charge in [-0.25, -0.2) is 0 Å². The predicted molar refractivity (Wildman–Crippen MR) is 85.1 cm³/mol. The standard InChI is InChI=1S/C16H20ClN3O3/c1-11(16-18-15(10-21-2)19-23-16)20-6-7-22-14(9-20)12-4-3-5-13(17)8-12/h3-5,8,11,14H,6-7,9-10H2,1-2H3/t11-,14+/m1/s1. The highest BCUT2D eigenvalue weighted by atomic mass is 35.5. The summed E-state index contributed by atoms with van der Waals surface area (Å²) in [6.45, 7) is 4.64. The summed E-state index contributed by atoms with van der Waals surface area (Å²) < 4.78 is 16.3. The number of aromatic nitrogens is 2. The monoisotopic (exact) mass is 337 g/mol. The number of rotatable bonds is 5. The Bertz CT molecular complexity index is 649. The molecule has 1 aliphatic rings. The van der Waals surface area contributed by atoms with Gasteiger partial charge in [0.25, 0.3) is 0 Å². The third kappa shape index (κ3) is 3.90. The summed E-state index contributed by atoms with van der Waals surface area (Å²) in [5, 5.41) is 4.64. The molecule has 2 heterocycles. The van der Waals surface area contributed by atoms with E-state index < -0.39 is 0 Å². The van der Waals surface area contributed by atoms with Gasteiger partial charge in [-0.05, 0) is 24.6 Å². The lowest BCUT2D eigenvalue weighted by molar-refractivity contribution is -0.0469. The van der Waals surface area contributed by atoms with Crippen molar-refractivity contribution in [3.05, 3.63) is 46.6 Å². The number of hydrogen-bond donors (Lipinski definition) is 0. The molecule has 0 unspecified atom stereocenters. The van der Waals surface area contributed by atoms with E-state index in [0.717, 1.165) is 23.7 Å². The highest BCUT2D eigenvalue weighted by molar-refractivity contribution is 6.30. The van der Waals surface area contributed by atoms with Gasteiger partial charge >= 0.3 is 0 Å². The quantitative estimate of drug-likeness (QED) is 0.835. The first-order chi connectivity index (χ1) is 11.2. The molecule has 0 bridgehead atoms. The Hall–Kier alpha value is -1.47. The molecule has 23 heavy (non-hydrogen) atoms. The zero-order valence-electron chi connectivity index (χ0n) is 13.2. The first-order valence-electron chi connectivity index (χ1n) is 7.60. The van der Waals surface area contributed by atoms with Gasteiger partial charge in [0.05, 0.1) is 18.8 Å². The van der Waals surface area contributed by atoms with Gasteiger partial charge in [-0.3, -0.25) is 4.90 Å². The summed E-state index contributed by atoms with van der Waals surface area (Å²) >= 11 is 6.08. The first kappa shape index (κ1) is 16.4. The second-order valence-electron chi connectivity index (χ2n) is 5.57. The van der Waals surface area contributed by atoms with Crippen LogP contribution in [0.4, 0.5) is 0 Å². The van der Waals surface area contributed by atoms with Crippen molar-refractivity contribution in [2.75, 3.05) is 26.8 Å². The number of methoxy groups -OCH3 is 1. The molecule has 1 saturated heterocycles. The Balaban J connectivity index is 1.69. The lowest BCUT2D eigenvalue weighted by Gasteiger charge is -2.35. The van der Waals surface area contributed by atoms with E-state index in [2.05, 4.69) is 22.0 Å². The Morgan fingerprint density at radius 2 is 2.35 bits per heavy atom. The SMILES string of the molecule is COCc1noc([C@@H](C)N2CCO[C@H](c3cccc(Cl)c3)C2)n1. The average molecular weight is 338 g/mol. The van der Waals surface area contributed by atoms with Gasteiger partial charge in [0.15, 0.2) is 5.82 Å². The van der Waals surface area contributed by atoms with Crippen molar-refractivity contribution >= 4 is 11.6 Å². The van der Waals surface area contributed by atoms with Gasteiger partial charge < -0.3 is 14.0 Å². The molecule has 0 spiro atoms. The fourth-order valence-electron chi connectivity index (χ4n) is 2.71. The molecule has 1 aromatic carbocycles. The molecule has 1 aromatic heterocycles. The van der Waals surface area contributed by atoms with Crippen LogP contribution in [-0.4, -0.2) is 41.8 Å². The molecule has 0 aliphatic carbocycles. The molecule has 6 nitrogen and oxygen atoms in total. The number of morpholine rings is 1. The molecule has 0 radical (unpaired) electrons. The summed E-state index contributed by atoms with van der Waals surface area (Å²) in [5.74, 6) is 1.16. The molecule has 2 aromatic rings. The normalized spacial score (nSPS) is 20.6. The first-order valence-corrected chi connectivity index (χ1v) is 7.97. The smallest absolute Gasteiger partial charge is 0.243 e. The van der Waals surface area contributed by atoms with Crippen LogP contribution in [0.5, 0.6) is 0 Å². The number of halogens is 1. The van der Waals surface area contributed by atoms with Crippen LogP contribution in [0, 0.1) is 0 Å². The largest absolute Gasteiger partial charge is 0.377 e. The summed E-state index contributed by atoms with van der Waals surface area (Å²) in [6, 6.07) is 7.82. The maximum Gasteiger partial charge on any atom is 0.243 e. The molecular formula is C16H20ClN3O3. The van der Waals surface area contributed by atoms with Crippen molar-refractivity contribution in [2.24, 2.45) is 0 Å². The van der Waals surface area contributed by atoms with Crippen molar-refractivity contribution in [1.82, 2.24) is 15.0 Å². The van der Waals surface area contributed by atoms with E-state index in [1.165, 1.54) is 0 Å². The minimum Gasteiger partial charge on any atom is -0.377 e. The van der Waals surface area contributed by atoms with Gasteiger partial charge in [-0.15, -0.1) is 0 Å². The highest BCUT2D eigenvalue weighted by Gasteiger charge is 2.28. The zero-order chi connectivity index (χ0) is 16.2. The molecule has 0 saturated carbocycles. The molecule has 0 N–H and O–H groups in total. The van der Waals surface area contributed by atoms with Crippen molar-refractivity contribution in [1.29, 1.82) is 0 Å². The zero-order valence-corrected chi connectivity index (χ0v) is 14.0. The van der Waals surface area contributed by atoms with Crippen LogP contribution in [-0.2, 0) is 16.1 Å². The Labute approximate surface area is 140 Å². The molecule has 3 rings (SSSR count). The lowest BCUT2D eigenvalue weighted by atomic mass is 10.1. The molecule has 7 heteroatoms. The van der Waals surface area contributed by atoms with E-state index in [4.69, 9.17) is 25.6 Å². The van der Waals surface area contributed by atoms with Gasteiger partial charge in [0, 0.05) is 25.2 Å². The van der Waals surface area contributed by atoms with Crippen LogP contribution < -0.4 is 0 Å². The predicted octanol–water partition coefficient (Wildman–Crippen LogP) is 3.00. The van der Waals surface area contributed by atoms with Crippen LogP contribution in [0.1, 0.15) is 36.3 Å². The van der Waals surface area contributed by atoms with E-state index in [9.17, 15) is 0 Å². The number of nitrogens with zero attached hydrogens (tertiary/aromatic N) is 3. The van der Waals surface area contributed by atoms with Gasteiger partial charge in [0.2, 0.25) is 5.89 Å². The third-order valence-corrected chi connectivity index (χ3v) is 4.22. The maximum atomic E-state index is 6.08. The number of benzene rings is 1. The van der Waals surface area contributed by atoms with Crippen molar-refractivity contribution in [3.63, 3.8) is 0 Å². The Kier molecular flexibility index (Phi) is 5.27. The highest BCUT2D eigenvalue weighted by Crippen LogP contribution is 2.29. The van der Waals surface area contributed by atoms with E-state index in [-0.39, 0.29) is 12.1 Å². The second-order valence-corrected chi connectivity index (χ2v) is 6.00. The van der Waals surface area contributed by atoms with Gasteiger partial charge in [0.1, 0.15) is 6.61 Å². The topological polar surface area (TPSA) is 60.6 Å². The number of hydrogen-bond acceptors (Lipinski definition) is 6. The summed E-state index contributed by atoms with van der Waals surface area (Å²) in [5.41, 5.74) is 1.08. The summed E-state index contributed by atoms with van der Waals surface area (Å²) in [6.07, 6.45) is -0.00809. The summed E-state index contributed by atoms with van der Waals surface area (Å²) in [7, 11) is 1.61. The van der Waals surface area contributed by atoms with Crippen LogP contribution in [0.15, 0.2) is 28.8 Å². The summed E-state index contributed by atoms with van der Waals surface area (Å²) in [4.78, 5) is 6.66. The fraction of sp³-hybridized carbons (Fsp3) is 0.500. The maximum absolute atomic E-state index is 6.08. The third-order valence-electron chi connectivity index (χ3n) is 3.98. The van der Waals surface area contributed by atoms with E-state index in [1.807, 2.05) is 24.3 Å². The minimum atomic E-state index is -0.00809. The van der Waals surface area contributed by atoms with Crippen molar-refractivity contribution in [2.45, 2.75) is 25.7 Å². The second kappa shape index (κ2) is 7.40. The van der Waals surface area contributed by atoms with E-state index >= 15 is 0 Å². The molecule has 2 atom stereocenters. The average Bonchev–Trinajstić information content (AvgIpc) is 3.03. The number of ether oxygens (including phenoxy) is 2. The van der Waals surface area contributed by atoms with Crippen LogP contribution in [0.25, 0.3) is 0 Å². The van der Waals surface area contributed by atoms with Gasteiger partial charge in [-0.2, -0.15) is 4.98 Å². The fourth-order valence-corrected chi connectivity index (χ4v) is 2.91. The van der Waals surface area contributed by atoms with Gasteiger partial charge in [-0.1, -0.05) is 28.9 Å². The van der Waals surface area contributed by atoms with Crippen molar-refractivity contribution < 1.29 is 14.0 Å². The van der Waals surface area contributed by atoms with Crippen LogP contribution >= 0.6 is 11.6 Å². The van der Waals surface area contributed by atoms with Crippen molar-refractivity contribution in [3.8, 4) is 0 Å². The Morgan fingerprint density at radius 3 is 3.13 bits per heavy atom. The van der Waals surface area contributed by atoms with Crippen LogP contribution in [0.3, 0.4) is 0 Å². The molecule has 1 aliphatic heterocycles. The molecule has 124 valence electrons. The minimum absolute atomic E-state index is 0.00809. The Morgan fingerprint density at radius 1 is 1.48 bits per heavy atom. The van der Waals surface area contributed by atoms with E-state index in [1.54, 1.807) is 7.11 Å². The molecule has 0 amide bonds. The molecule has 1 fully saturated rings. The molecular weight excluding hydrogens is 318 g/mol. The van der Waals surface area contributed by atoms with Crippen LogP contribution in [0.2, 0.25) is 5.02 Å².